The van der Waals surface area contributed by atoms with Crippen molar-refractivity contribution in [3.05, 3.63) is 51.6 Å². The molecule has 1 aliphatic rings. The SMILES string of the molecule is CC(=O)c1cccc(NC(=O)CSc2nnc3n(CC4CCCO4)c(=O)c4sccc4n23)c1. The van der Waals surface area contributed by atoms with E-state index >= 15 is 0 Å². The van der Waals surface area contributed by atoms with Gasteiger partial charge >= 0.3 is 0 Å². The van der Waals surface area contributed by atoms with Gasteiger partial charge in [0.05, 0.1) is 23.9 Å². The number of amides is 1. The largest absolute Gasteiger partial charge is 0.376 e. The molecule has 3 aromatic heterocycles. The minimum atomic E-state index is -0.230. The van der Waals surface area contributed by atoms with Gasteiger partial charge in [-0.05, 0) is 43.3 Å². The summed E-state index contributed by atoms with van der Waals surface area (Å²) in [6.45, 7) is 2.61. The molecule has 4 heterocycles. The van der Waals surface area contributed by atoms with E-state index in [0.717, 1.165) is 18.4 Å². The number of fused-ring (bicyclic) bond motifs is 3. The summed E-state index contributed by atoms with van der Waals surface area (Å²) in [7, 11) is 0. The van der Waals surface area contributed by atoms with Gasteiger partial charge in [-0.2, -0.15) is 0 Å². The van der Waals surface area contributed by atoms with Crippen molar-refractivity contribution in [1.29, 1.82) is 0 Å². The Morgan fingerprint density at radius 2 is 2.18 bits per heavy atom. The van der Waals surface area contributed by atoms with Crippen LogP contribution in [0.1, 0.15) is 30.1 Å². The number of ketones is 1. The van der Waals surface area contributed by atoms with Crippen molar-refractivity contribution in [3.63, 3.8) is 0 Å². The third kappa shape index (κ3) is 4.31. The Morgan fingerprint density at radius 3 is 2.97 bits per heavy atom. The quantitative estimate of drug-likeness (QED) is 0.318. The summed E-state index contributed by atoms with van der Waals surface area (Å²) in [5, 5.41) is 13.8. The molecule has 0 spiro atoms. The third-order valence-corrected chi connectivity index (χ3v) is 7.30. The average molecular weight is 484 g/mol. The molecule has 0 bridgehead atoms. The molecule has 1 saturated heterocycles. The minimum Gasteiger partial charge on any atom is -0.376 e. The Labute approximate surface area is 196 Å². The minimum absolute atomic E-state index is 0.0201. The fraction of sp³-hybridized carbons (Fsp3) is 0.318. The van der Waals surface area contributed by atoms with Crippen LogP contribution in [0.4, 0.5) is 5.69 Å². The van der Waals surface area contributed by atoms with Gasteiger partial charge in [0, 0.05) is 17.9 Å². The highest BCUT2D eigenvalue weighted by molar-refractivity contribution is 7.99. The number of carbonyl (C=O) groups excluding carboxylic acids is 2. The van der Waals surface area contributed by atoms with Crippen molar-refractivity contribution in [2.45, 2.75) is 37.6 Å². The van der Waals surface area contributed by atoms with E-state index in [1.807, 2.05) is 15.8 Å². The van der Waals surface area contributed by atoms with Crippen LogP contribution in [-0.2, 0) is 16.1 Å². The van der Waals surface area contributed by atoms with Gasteiger partial charge in [-0.1, -0.05) is 23.9 Å². The number of rotatable bonds is 7. The normalized spacial score (nSPS) is 16.0. The van der Waals surface area contributed by atoms with Crippen molar-refractivity contribution in [1.82, 2.24) is 19.2 Å². The molecule has 0 aliphatic carbocycles. The lowest BCUT2D eigenvalue weighted by Crippen LogP contribution is -2.28. The first-order valence-corrected chi connectivity index (χ1v) is 12.4. The fourth-order valence-electron chi connectivity index (χ4n) is 3.89. The zero-order valence-electron chi connectivity index (χ0n) is 17.8. The first kappa shape index (κ1) is 21.8. The number of hydrogen-bond donors (Lipinski definition) is 1. The van der Waals surface area contributed by atoms with Crippen molar-refractivity contribution < 1.29 is 14.3 Å². The first-order chi connectivity index (χ1) is 16.0. The van der Waals surface area contributed by atoms with E-state index in [4.69, 9.17) is 4.74 Å². The maximum Gasteiger partial charge on any atom is 0.272 e. The van der Waals surface area contributed by atoms with Crippen LogP contribution in [0.3, 0.4) is 0 Å². The monoisotopic (exact) mass is 483 g/mol. The second kappa shape index (κ2) is 9.08. The Kier molecular flexibility index (Phi) is 6.00. The van der Waals surface area contributed by atoms with Crippen LogP contribution in [0, 0.1) is 0 Å². The maximum absolute atomic E-state index is 13.1. The molecular formula is C22H21N5O4S2. The lowest BCUT2D eigenvalue weighted by atomic mass is 10.1. The molecule has 170 valence electrons. The number of benzene rings is 1. The average Bonchev–Trinajstić information content (AvgIpc) is 3.56. The van der Waals surface area contributed by atoms with Gasteiger partial charge in [0.25, 0.3) is 5.56 Å². The molecule has 0 saturated carbocycles. The highest BCUT2D eigenvalue weighted by Crippen LogP contribution is 2.25. The number of ether oxygens (including phenoxy) is 1. The summed E-state index contributed by atoms with van der Waals surface area (Å²) in [6.07, 6.45) is 1.87. The molecule has 1 unspecified atom stereocenters. The Hall–Kier alpha value is -3.02. The van der Waals surface area contributed by atoms with E-state index in [1.165, 1.54) is 30.0 Å². The van der Waals surface area contributed by atoms with E-state index in [-0.39, 0.29) is 29.1 Å². The van der Waals surface area contributed by atoms with Gasteiger partial charge in [0.2, 0.25) is 11.7 Å². The van der Waals surface area contributed by atoms with Crippen LogP contribution in [0.5, 0.6) is 0 Å². The predicted octanol–water partition coefficient (Wildman–Crippen LogP) is 3.22. The van der Waals surface area contributed by atoms with Crippen LogP contribution in [0.2, 0.25) is 0 Å². The zero-order chi connectivity index (χ0) is 22.9. The number of nitrogens with one attached hydrogen (secondary N) is 1. The van der Waals surface area contributed by atoms with E-state index in [0.29, 0.717) is 40.0 Å². The Balaban J connectivity index is 1.40. The predicted molar refractivity (Wildman–Crippen MR) is 127 cm³/mol. The van der Waals surface area contributed by atoms with Gasteiger partial charge in [0.15, 0.2) is 10.9 Å². The number of thioether (sulfide) groups is 1. The smallest absolute Gasteiger partial charge is 0.272 e. The Morgan fingerprint density at radius 1 is 1.30 bits per heavy atom. The van der Waals surface area contributed by atoms with Crippen LogP contribution in [-0.4, -0.2) is 49.3 Å². The van der Waals surface area contributed by atoms with E-state index in [1.54, 1.807) is 28.8 Å². The first-order valence-electron chi connectivity index (χ1n) is 10.5. The standard InChI is InChI=1S/C22H21N5O4S2/c1-13(28)14-4-2-5-15(10-14)23-18(29)12-33-22-25-24-21-26(11-16-6-3-8-31-16)20(30)19-17(27(21)22)7-9-32-19/h2,4-5,7,9-10,16H,3,6,8,11-12H2,1H3,(H,23,29). The van der Waals surface area contributed by atoms with Crippen LogP contribution in [0.25, 0.3) is 16.0 Å². The summed E-state index contributed by atoms with van der Waals surface area (Å²) < 4.78 is 9.80. The van der Waals surface area contributed by atoms with Crippen molar-refractivity contribution in [2.75, 3.05) is 17.7 Å². The van der Waals surface area contributed by atoms with E-state index in [9.17, 15) is 14.4 Å². The lowest BCUT2D eigenvalue weighted by Gasteiger charge is -2.13. The maximum atomic E-state index is 13.1. The molecule has 1 fully saturated rings. The number of anilines is 1. The molecular weight excluding hydrogens is 462 g/mol. The molecule has 11 heteroatoms. The highest BCUT2D eigenvalue weighted by Gasteiger charge is 2.23. The second-order valence-corrected chi connectivity index (χ2v) is 9.64. The summed E-state index contributed by atoms with van der Waals surface area (Å²) in [6, 6.07) is 8.69. The molecule has 1 N–H and O–H groups in total. The van der Waals surface area contributed by atoms with E-state index in [2.05, 4.69) is 15.5 Å². The lowest BCUT2D eigenvalue weighted by molar-refractivity contribution is -0.113. The molecule has 5 rings (SSSR count). The van der Waals surface area contributed by atoms with Crippen molar-refractivity contribution in [3.8, 4) is 0 Å². The zero-order valence-corrected chi connectivity index (χ0v) is 19.4. The Bertz CT molecular complexity index is 1420. The summed E-state index contributed by atoms with van der Waals surface area (Å²) in [4.78, 5) is 37.2. The van der Waals surface area contributed by atoms with Gasteiger partial charge in [-0.25, -0.2) is 0 Å². The van der Waals surface area contributed by atoms with E-state index < -0.39 is 0 Å². The highest BCUT2D eigenvalue weighted by atomic mass is 32.2. The van der Waals surface area contributed by atoms with Crippen LogP contribution in [0.15, 0.2) is 45.7 Å². The number of Topliss-reactive ketones (excluding diaryl/α,β-unsaturated/α-hetero) is 1. The number of thiophene rings is 1. The van der Waals surface area contributed by atoms with Gasteiger partial charge in [-0.3, -0.25) is 23.4 Å². The summed E-state index contributed by atoms with van der Waals surface area (Å²) in [5.74, 6) is 0.246. The molecule has 0 radical (unpaired) electrons. The van der Waals surface area contributed by atoms with Crippen molar-refractivity contribution in [2.24, 2.45) is 0 Å². The second-order valence-electron chi connectivity index (χ2n) is 7.78. The molecule has 33 heavy (non-hydrogen) atoms. The van der Waals surface area contributed by atoms with Crippen molar-refractivity contribution >= 4 is 56.5 Å². The summed E-state index contributed by atoms with van der Waals surface area (Å²) in [5.41, 5.74) is 1.72. The van der Waals surface area contributed by atoms with Gasteiger partial charge in [-0.15, -0.1) is 21.5 Å². The topological polar surface area (TPSA) is 108 Å². The summed E-state index contributed by atoms with van der Waals surface area (Å²) >= 11 is 2.61. The molecule has 1 amide bonds. The third-order valence-electron chi connectivity index (χ3n) is 5.48. The van der Waals surface area contributed by atoms with Gasteiger partial charge in [0.1, 0.15) is 4.70 Å². The van der Waals surface area contributed by atoms with Crippen LogP contribution < -0.4 is 10.9 Å². The number of aromatic nitrogens is 4. The number of carbonyl (C=O) groups is 2. The molecule has 4 aromatic rings. The van der Waals surface area contributed by atoms with Gasteiger partial charge < -0.3 is 10.1 Å². The van der Waals surface area contributed by atoms with Crippen LogP contribution >= 0.6 is 23.1 Å². The number of nitrogens with zero attached hydrogens (tertiary/aromatic N) is 4. The number of hydrogen-bond acceptors (Lipinski definition) is 8. The fourth-order valence-corrected chi connectivity index (χ4v) is 5.46. The molecule has 1 aromatic carbocycles. The molecule has 1 atom stereocenters. The molecule has 9 nitrogen and oxygen atoms in total. The molecule has 1 aliphatic heterocycles.